The molecule has 1 aliphatic rings. The molecule has 1 fully saturated rings. The van der Waals surface area contributed by atoms with Crippen LogP contribution in [0, 0.1) is 0 Å². The molecule has 0 aromatic heterocycles. The van der Waals surface area contributed by atoms with E-state index in [0.717, 1.165) is 9.99 Å². The lowest BCUT2D eigenvalue weighted by molar-refractivity contribution is 0.0572. The smallest absolute Gasteiger partial charge is 0.242 e. The number of hydrogen-bond donors (Lipinski definition) is 2. The Kier molecular flexibility index (Phi) is 3.82. The van der Waals surface area contributed by atoms with Crippen LogP contribution in [0.15, 0.2) is 29.2 Å². The van der Waals surface area contributed by atoms with Crippen molar-refractivity contribution in [3.8, 4) is 0 Å². The van der Waals surface area contributed by atoms with Gasteiger partial charge >= 0.3 is 0 Å². The van der Waals surface area contributed by atoms with Crippen LogP contribution in [-0.4, -0.2) is 62.3 Å². The number of sulfonamides is 1. The third-order valence-corrected chi connectivity index (χ3v) is 5.07. The Balaban J connectivity index is 2.20. The Bertz CT molecular complexity index is 531. The second-order valence-electron chi connectivity index (χ2n) is 4.82. The molecule has 2 N–H and O–H groups in total. The molecule has 2 rings (SSSR count). The van der Waals surface area contributed by atoms with Crippen molar-refractivity contribution in [2.24, 2.45) is 0 Å². The highest BCUT2D eigenvalue weighted by Crippen LogP contribution is 2.23. The summed E-state index contributed by atoms with van der Waals surface area (Å²) in [6, 6.07) is 6.42. The highest BCUT2D eigenvalue weighted by molar-refractivity contribution is 7.89. The van der Waals surface area contributed by atoms with Crippen LogP contribution >= 0.6 is 0 Å². The first-order valence-corrected chi connectivity index (χ1v) is 7.40. The van der Waals surface area contributed by atoms with Crippen LogP contribution in [0.25, 0.3) is 0 Å². The Labute approximate surface area is 112 Å². The Morgan fingerprint density at radius 3 is 2.00 bits per heavy atom. The van der Waals surface area contributed by atoms with Gasteiger partial charge in [-0.2, -0.15) is 0 Å². The molecule has 1 aromatic carbocycles. The summed E-state index contributed by atoms with van der Waals surface area (Å²) in [5.74, 6) is 0. The molecule has 0 aliphatic carbocycles. The summed E-state index contributed by atoms with van der Waals surface area (Å²) in [7, 11) is -0.458. The zero-order valence-electron chi connectivity index (χ0n) is 10.9. The summed E-state index contributed by atoms with van der Waals surface area (Å²) in [5, 5.41) is 19.0. The van der Waals surface area contributed by atoms with Crippen molar-refractivity contribution in [1.82, 2.24) is 4.31 Å². The summed E-state index contributed by atoms with van der Waals surface area (Å²) in [4.78, 5) is 2.04. The zero-order chi connectivity index (χ0) is 14.2. The number of hydrogen-bond acceptors (Lipinski definition) is 5. The van der Waals surface area contributed by atoms with E-state index in [1.165, 1.54) is 26.2 Å². The third-order valence-electron chi connectivity index (χ3n) is 3.24. The first-order chi connectivity index (χ1) is 8.82. The first-order valence-electron chi connectivity index (χ1n) is 5.96. The number of nitrogens with zero attached hydrogens (tertiary/aromatic N) is 2. The SMILES string of the molecule is CN(C)S(=O)(=O)c1ccc(N2CC(O)C(O)C2)cc1. The minimum atomic E-state index is -3.42. The predicted octanol–water partition coefficient (Wildman–Crippen LogP) is -0.521. The second kappa shape index (κ2) is 5.09. The van der Waals surface area contributed by atoms with Gasteiger partial charge in [-0.25, -0.2) is 12.7 Å². The summed E-state index contributed by atoms with van der Waals surface area (Å²) < 4.78 is 25.0. The van der Waals surface area contributed by atoms with Gasteiger partial charge in [-0.15, -0.1) is 0 Å². The molecule has 2 atom stereocenters. The molecular weight excluding hydrogens is 268 g/mol. The summed E-state index contributed by atoms with van der Waals surface area (Å²) in [6.45, 7) is 0.696. The van der Waals surface area contributed by atoms with Crippen LogP contribution < -0.4 is 4.90 Å². The Morgan fingerprint density at radius 1 is 1.11 bits per heavy atom. The molecule has 19 heavy (non-hydrogen) atoms. The van der Waals surface area contributed by atoms with E-state index in [2.05, 4.69) is 0 Å². The van der Waals surface area contributed by atoms with Gasteiger partial charge in [0.25, 0.3) is 0 Å². The lowest BCUT2D eigenvalue weighted by atomic mass is 10.3. The maximum atomic E-state index is 11.9. The fraction of sp³-hybridized carbons (Fsp3) is 0.500. The van der Waals surface area contributed by atoms with Gasteiger partial charge in [0.2, 0.25) is 10.0 Å². The number of rotatable bonds is 3. The molecule has 6 nitrogen and oxygen atoms in total. The van der Waals surface area contributed by atoms with Crippen molar-refractivity contribution in [3.05, 3.63) is 24.3 Å². The van der Waals surface area contributed by atoms with Crippen molar-refractivity contribution in [2.75, 3.05) is 32.1 Å². The molecule has 0 amide bonds. The molecular formula is C12H18N2O4S. The van der Waals surface area contributed by atoms with Crippen LogP contribution in [0.1, 0.15) is 0 Å². The Hall–Kier alpha value is -1.15. The molecule has 0 bridgehead atoms. The maximum Gasteiger partial charge on any atom is 0.242 e. The number of benzene rings is 1. The van der Waals surface area contributed by atoms with E-state index in [1.807, 2.05) is 4.90 Å². The predicted molar refractivity (Wildman–Crippen MR) is 71.5 cm³/mol. The standard InChI is InChI=1S/C12H18N2O4S/c1-13(2)19(17,18)10-5-3-9(4-6-10)14-7-11(15)12(16)8-14/h3-6,11-12,15-16H,7-8H2,1-2H3. The molecule has 1 heterocycles. The molecule has 7 heteroatoms. The average molecular weight is 286 g/mol. The van der Waals surface area contributed by atoms with Crippen LogP contribution in [0.4, 0.5) is 5.69 Å². The number of aliphatic hydroxyl groups is 2. The molecule has 0 radical (unpaired) electrons. The number of anilines is 1. The molecule has 2 unspecified atom stereocenters. The normalized spacial score (nSPS) is 24.2. The highest BCUT2D eigenvalue weighted by atomic mass is 32.2. The fourth-order valence-corrected chi connectivity index (χ4v) is 2.92. The van der Waals surface area contributed by atoms with Crippen molar-refractivity contribution >= 4 is 15.7 Å². The highest BCUT2D eigenvalue weighted by Gasteiger charge is 2.29. The van der Waals surface area contributed by atoms with Gasteiger partial charge in [0.1, 0.15) is 0 Å². The van der Waals surface area contributed by atoms with Crippen LogP contribution in [0.3, 0.4) is 0 Å². The molecule has 0 spiro atoms. The van der Waals surface area contributed by atoms with Crippen molar-refractivity contribution in [3.63, 3.8) is 0 Å². The van der Waals surface area contributed by atoms with E-state index in [0.29, 0.717) is 13.1 Å². The second-order valence-corrected chi connectivity index (χ2v) is 6.97. The number of aliphatic hydroxyl groups excluding tert-OH is 2. The monoisotopic (exact) mass is 286 g/mol. The van der Waals surface area contributed by atoms with Crippen LogP contribution in [0.2, 0.25) is 0 Å². The van der Waals surface area contributed by atoms with Gasteiger partial charge < -0.3 is 15.1 Å². The largest absolute Gasteiger partial charge is 0.389 e. The van der Waals surface area contributed by atoms with Crippen molar-refractivity contribution in [1.29, 1.82) is 0 Å². The summed E-state index contributed by atoms with van der Waals surface area (Å²) >= 11 is 0. The van der Waals surface area contributed by atoms with Crippen LogP contribution in [-0.2, 0) is 10.0 Å². The van der Waals surface area contributed by atoms with Gasteiger partial charge in [0.05, 0.1) is 17.1 Å². The van der Waals surface area contributed by atoms with Crippen molar-refractivity contribution < 1.29 is 18.6 Å². The van der Waals surface area contributed by atoms with E-state index in [4.69, 9.17) is 0 Å². The van der Waals surface area contributed by atoms with E-state index >= 15 is 0 Å². The minimum absolute atomic E-state index is 0.224. The molecule has 0 saturated carbocycles. The fourth-order valence-electron chi connectivity index (χ4n) is 2.02. The first kappa shape index (κ1) is 14.3. The average Bonchev–Trinajstić information content (AvgIpc) is 2.69. The minimum Gasteiger partial charge on any atom is -0.389 e. The lowest BCUT2D eigenvalue weighted by Gasteiger charge is -2.18. The van der Waals surface area contributed by atoms with Crippen molar-refractivity contribution in [2.45, 2.75) is 17.1 Å². The van der Waals surface area contributed by atoms with E-state index in [9.17, 15) is 18.6 Å². The topological polar surface area (TPSA) is 81.1 Å². The lowest BCUT2D eigenvalue weighted by Crippen LogP contribution is -2.23. The molecule has 106 valence electrons. The summed E-state index contributed by atoms with van der Waals surface area (Å²) in [5.41, 5.74) is 0.785. The van der Waals surface area contributed by atoms with Crippen LogP contribution in [0.5, 0.6) is 0 Å². The van der Waals surface area contributed by atoms with Gasteiger partial charge in [-0.3, -0.25) is 0 Å². The molecule has 1 saturated heterocycles. The van der Waals surface area contributed by atoms with Gasteiger partial charge in [-0.1, -0.05) is 0 Å². The van der Waals surface area contributed by atoms with Gasteiger partial charge in [0, 0.05) is 32.9 Å². The quantitative estimate of drug-likeness (QED) is 0.781. The van der Waals surface area contributed by atoms with Gasteiger partial charge in [-0.05, 0) is 24.3 Å². The van der Waals surface area contributed by atoms with Gasteiger partial charge in [0.15, 0.2) is 0 Å². The van der Waals surface area contributed by atoms with E-state index < -0.39 is 22.2 Å². The van der Waals surface area contributed by atoms with E-state index in [-0.39, 0.29) is 4.90 Å². The third kappa shape index (κ3) is 2.74. The molecule has 1 aliphatic heterocycles. The number of β-amino-alcohol motifs (C(OH)–C–C–N with tert-alkyl or cyclic N) is 2. The zero-order valence-corrected chi connectivity index (χ0v) is 11.7. The molecule has 1 aromatic rings. The van der Waals surface area contributed by atoms with E-state index in [1.54, 1.807) is 12.1 Å². The summed E-state index contributed by atoms with van der Waals surface area (Å²) in [6.07, 6.45) is -1.52. The Morgan fingerprint density at radius 2 is 1.58 bits per heavy atom. The maximum absolute atomic E-state index is 11.9.